The molecule has 234 valence electrons. The van der Waals surface area contributed by atoms with Crippen LogP contribution in [0.15, 0.2) is 36.0 Å². The molecule has 2 saturated heterocycles. The summed E-state index contributed by atoms with van der Waals surface area (Å²) in [5, 5.41) is 35.8. The molecule has 0 bridgehead atoms. The zero-order chi connectivity index (χ0) is 31.4. The molecule has 2 fully saturated rings. The van der Waals surface area contributed by atoms with Gasteiger partial charge in [0.15, 0.2) is 10.9 Å². The predicted molar refractivity (Wildman–Crippen MR) is 168 cm³/mol. The van der Waals surface area contributed by atoms with Gasteiger partial charge in [0, 0.05) is 51.0 Å². The largest absolute Gasteiger partial charge is 0.396 e. The zero-order valence-corrected chi connectivity index (χ0v) is 26.4. The fourth-order valence-corrected chi connectivity index (χ4v) is 8.30. The number of carbonyl (C=O) groups excluding carboxylic acids is 1. The highest BCUT2D eigenvalue weighted by molar-refractivity contribution is 7.17. The van der Waals surface area contributed by atoms with Crippen LogP contribution < -0.4 is 4.90 Å². The second kappa shape index (κ2) is 11.8. The Balaban J connectivity index is 1.18. The first-order valence-corrected chi connectivity index (χ1v) is 16.4. The molecule has 1 aromatic carbocycles. The number of hydrogen-bond donors (Lipinski definition) is 2. The van der Waals surface area contributed by atoms with Crippen LogP contribution in [-0.4, -0.2) is 110 Å². The number of β-amino-alcohol motifs (C(OH)–C–C–N with tert-alkyl or cyclic N) is 1. The number of aliphatic hydroxyl groups excluding tert-OH is 2. The summed E-state index contributed by atoms with van der Waals surface area (Å²) in [7, 11) is 3.82. The van der Waals surface area contributed by atoms with Crippen molar-refractivity contribution in [3.8, 4) is 17.3 Å². The van der Waals surface area contributed by atoms with Crippen molar-refractivity contribution in [3.63, 3.8) is 0 Å². The van der Waals surface area contributed by atoms with Gasteiger partial charge in [0.25, 0.3) is 0 Å². The number of hydrogen-bond acceptors (Lipinski definition) is 12. The summed E-state index contributed by atoms with van der Waals surface area (Å²) in [5.41, 5.74) is 3.01. The number of nitriles is 1. The molecule has 2 atom stereocenters. The number of anilines is 2. The number of rotatable bonds is 9. The Morgan fingerprint density at radius 1 is 1.20 bits per heavy atom. The molecular formula is C30H32FN9O3S2. The molecule has 3 aliphatic rings. The average Bonchev–Trinajstić information content (AvgIpc) is 3.82. The molecule has 15 heteroatoms. The quantitative estimate of drug-likeness (QED) is 0.279. The molecule has 6 heterocycles. The normalized spacial score (nSPS) is 19.7. The monoisotopic (exact) mass is 649 g/mol. The minimum atomic E-state index is -0.422. The van der Waals surface area contributed by atoms with Crippen LogP contribution in [0.25, 0.3) is 16.2 Å². The third-order valence-electron chi connectivity index (χ3n) is 8.68. The molecule has 2 N–H and O–H groups in total. The van der Waals surface area contributed by atoms with Crippen molar-refractivity contribution in [2.45, 2.75) is 37.5 Å². The van der Waals surface area contributed by atoms with Gasteiger partial charge in [0.2, 0.25) is 10.9 Å². The summed E-state index contributed by atoms with van der Waals surface area (Å²) >= 11 is 2.74. The first-order valence-electron chi connectivity index (χ1n) is 14.8. The Morgan fingerprint density at radius 2 is 1.98 bits per heavy atom. The van der Waals surface area contributed by atoms with Crippen LogP contribution in [-0.2, 0) is 11.2 Å². The molecule has 3 aromatic heterocycles. The summed E-state index contributed by atoms with van der Waals surface area (Å²) in [5.74, 6) is 0.369. The van der Waals surface area contributed by atoms with E-state index in [9.17, 15) is 24.7 Å². The van der Waals surface area contributed by atoms with Gasteiger partial charge < -0.3 is 24.9 Å². The number of amides is 1. The minimum absolute atomic E-state index is 0.0251. The van der Waals surface area contributed by atoms with E-state index in [0.29, 0.717) is 57.2 Å². The summed E-state index contributed by atoms with van der Waals surface area (Å²) in [6, 6.07) is 8.12. The highest BCUT2D eigenvalue weighted by Crippen LogP contribution is 2.46. The third kappa shape index (κ3) is 5.26. The van der Waals surface area contributed by atoms with Crippen molar-refractivity contribution in [1.82, 2.24) is 34.3 Å². The number of fused-ring (bicyclic) bond motifs is 2. The van der Waals surface area contributed by atoms with Crippen LogP contribution in [0, 0.1) is 17.1 Å². The number of allylic oxidation sites excluding steroid dienone is 1. The second-order valence-corrected chi connectivity index (χ2v) is 13.6. The third-order valence-corrected chi connectivity index (χ3v) is 10.7. The van der Waals surface area contributed by atoms with E-state index >= 15 is 0 Å². The SMILES string of the molecule is CN(c1nc(-c2ccc(F)cc2)c(C#N)s1)c1c(CCO)nc2sc([C@@H]3CC(N(C)CC(=O)N4CC(O)C4)N4CCC=C34)nn12. The Hall–Kier alpha value is -3.94. The predicted octanol–water partition coefficient (Wildman–Crippen LogP) is 2.77. The van der Waals surface area contributed by atoms with Crippen LogP contribution >= 0.6 is 22.7 Å². The van der Waals surface area contributed by atoms with Crippen molar-refractivity contribution >= 4 is 44.5 Å². The number of thiazole rings is 1. The molecule has 1 unspecified atom stereocenters. The van der Waals surface area contributed by atoms with Crippen molar-refractivity contribution in [2.24, 2.45) is 0 Å². The number of likely N-dealkylation sites (N-methyl/N-ethyl adjacent to an activating group) is 1. The Labute approximate surface area is 266 Å². The van der Waals surface area contributed by atoms with Gasteiger partial charge in [-0.05, 0) is 44.2 Å². The number of benzene rings is 1. The number of carbonyl (C=O) groups is 1. The van der Waals surface area contributed by atoms with Crippen LogP contribution in [0.3, 0.4) is 0 Å². The van der Waals surface area contributed by atoms with Gasteiger partial charge in [-0.25, -0.2) is 14.4 Å². The molecule has 1 amide bonds. The molecule has 0 spiro atoms. The zero-order valence-electron chi connectivity index (χ0n) is 24.8. The van der Waals surface area contributed by atoms with Gasteiger partial charge in [-0.1, -0.05) is 28.7 Å². The molecular weight excluding hydrogens is 618 g/mol. The van der Waals surface area contributed by atoms with E-state index in [4.69, 9.17) is 15.1 Å². The summed E-state index contributed by atoms with van der Waals surface area (Å²) in [4.78, 5) is 31.5. The maximum atomic E-state index is 13.6. The lowest BCUT2D eigenvalue weighted by Gasteiger charge is -2.38. The van der Waals surface area contributed by atoms with Gasteiger partial charge in [-0.15, -0.1) is 0 Å². The van der Waals surface area contributed by atoms with E-state index in [-0.39, 0.29) is 37.0 Å². The van der Waals surface area contributed by atoms with Crippen molar-refractivity contribution < 1.29 is 19.4 Å². The van der Waals surface area contributed by atoms with Crippen LogP contribution in [0.5, 0.6) is 0 Å². The molecule has 0 aliphatic carbocycles. The van der Waals surface area contributed by atoms with Gasteiger partial charge in [0.1, 0.15) is 27.5 Å². The lowest BCUT2D eigenvalue weighted by molar-refractivity contribution is -0.143. The van der Waals surface area contributed by atoms with Crippen LogP contribution in [0.4, 0.5) is 15.3 Å². The lowest BCUT2D eigenvalue weighted by Crippen LogP contribution is -2.56. The molecule has 45 heavy (non-hydrogen) atoms. The molecule has 7 rings (SSSR count). The fourth-order valence-electron chi connectivity index (χ4n) is 6.41. The summed E-state index contributed by atoms with van der Waals surface area (Å²) in [6.45, 7) is 1.88. The van der Waals surface area contributed by atoms with Gasteiger partial charge >= 0.3 is 0 Å². The van der Waals surface area contributed by atoms with Gasteiger partial charge in [0.05, 0.1) is 30.4 Å². The van der Waals surface area contributed by atoms with E-state index in [1.807, 2.05) is 19.0 Å². The maximum Gasteiger partial charge on any atom is 0.236 e. The number of likely N-dealkylation sites (tertiary alicyclic amines) is 1. The number of nitrogens with zero attached hydrogens (tertiary/aromatic N) is 9. The van der Waals surface area contributed by atoms with E-state index < -0.39 is 6.10 Å². The molecule has 12 nitrogen and oxygen atoms in total. The van der Waals surface area contributed by atoms with Gasteiger partial charge in [-0.2, -0.15) is 14.9 Å². The Bertz CT molecular complexity index is 1820. The van der Waals surface area contributed by atoms with E-state index in [1.54, 1.807) is 21.5 Å². The van der Waals surface area contributed by atoms with Gasteiger partial charge in [-0.3, -0.25) is 9.69 Å². The smallest absolute Gasteiger partial charge is 0.236 e. The molecule has 4 aromatic rings. The van der Waals surface area contributed by atoms with E-state index in [2.05, 4.69) is 21.9 Å². The second-order valence-electron chi connectivity index (χ2n) is 11.6. The standard InChI is InChI=1S/C30H32FN9O3S2/c1-36(16-25(43)38-14-19(42)15-38)24-12-20(22-4-3-10-39(22)24)27-35-40-28(21(9-11-41)33-30(40)45-27)37(2)29-34-26(23(13-32)44-29)17-5-7-18(31)8-6-17/h4-8,19-20,24,41-42H,3,9-12,14-16H2,1-2H3/t20-,24?/m1/s1. The number of halogens is 1. The Morgan fingerprint density at radius 3 is 2.69 bits per heavy atom. The topological polar surface area (TPSA) is 137 Å². The molecule has 0 saturated carbocycles. The minimum Gasteiger partial charge on any atom is -0.396 e. The number of imidazole rings is 1. The number of aliphatic hydroxyl groups is 2. The fraction of sp³-hybridized carbons (Fsp3) is 0.433. The van der Waals surface area contributed by atoms with Crippen molar-refractivity contribution in [3.05, 3.63) is 57.4 Å². The van der Waals surface area contributed by atoms with Crippen molar-refractivity contribution in [2.75, 3.05) is 51.8 Å². The van der Waals surface area contributed by atoms with Crippen LogP contribution in [0.1, 0.15) is 34.3 Å². The van der Waals surface area contributed by atoms with E-state index in [0.717, 1.165) is 24.4 Å². The van der Waals surface area contributed by atoms with Crippen LogP contribution in [0.2, 0.25) is 0 Å². The first kappa shape index (κ1) is 29.8. The first-order chi connectivity index (χ1) is 21.7. The number of aromatic nitrogens is 4. The maximum absolute atomic E-state index is 13.6. The van der Waals surface area contributed by atoms with Crippen molar-refractivity contribution in [1.29, 1.82) is 5.26 Å². The highest BCUT2D eigenvalue weighted by atomic mass is 32.1. The van der Waals surface area contributed by atoms with E-state index in [1.165, 1.54) is 40.5 Å². The highest BCUT2D eigenvalue weighted by Gasteiger charge is 2.43. The Kier molecular flexibility index (Phi) is 7.78. The summed E-state index contributed by atoms with van der Waals surface area (Å²) < 4.78 is 15.4. The molecule has 0 radical (unpaired) electrons. The lowest BCUT2D eigenvalue weighted by atomic mass is 10.1. The summed E-state index contributed by atoms with van der Waals surface area (Å²) in [6.07, 6.45) is 3.92. The average molecular weight is 650 g/mol. The molecule has 3 aliphatic heterocycles.